The standard InChI is InChI=1S/C18H18N2O3S/c1-13-9-14-7-4-8-17(18(14)19-10-13)24(22,23)20-11-15-5-2-3-6-16(15)12-21/h2-10,20-21H,11-12H2,1H3. The van der Waals surface area contributed by atoms with E-state index in [1.54, 1.807) is 36.5 Å². The molecule has 0 bridgehead atoms. The van der Waals surface area contributed by atoms with Gasteiger partial charge in [-0.25, -0.2) is 13.1 Å². The zero-order valence-electron chi connectivity index (χ0n) is 13.2. The molecule has 2 aromatic carbocycles. The number of aryl methyl sites for hydroxylation is 1. The molecule has 0 atom stereocenters. The second kappa shape index (κ2) is 6.68. The first-order chi connectivity index (χ1) is 11.5. The predicted molar refractivity (Wildman–Crippen MR) is 92.9 cm³/mol. The van der Waals surface area contributed by atoms with Crippen molar-refractivity contribution in [3.8, 4) is 0 Å². The summed E-state index contributed by atoms with van der Waals surface area (Å²) >= 11 is 0. The van der Waals surface area contributed by atoms with Crippen molar-refractivity contribution in [1.29, 1.82) is 0 Å². The van der Waals surface area contributed by atoms with Gasteiger partial charge in [0.2, 0.25) is 10.0 Å². The van der Waals surface area contributed by atoms with Crippen molar-refractivity contribution in [2.24, 2.45) is 0 Å². The highest BCUT2D eigenvalue weighted by molar-refractivity contribution is 7.89. The summed E-state index contributed by atoms with van der Waals surface area (Å²) in [7, 11) is -3.72. The van der Waals surface area contributed by atoms with E-state index in [1.807, 2.05) is 25.1 Å². The highest BCUT2D eigenvalue weighted by Crippen LogP contribution is 2.22. The fourth-order valence-corrected chi connectivity index (χ4v) is 3.78. The van der Waals surface area contributed by atoms with Gasteiger partial charge >= 0.3 is 0 Å². The molecule has 3 aromatic rings. The number of sulfonamides is 1. The van der Waals surface area contributed by atoms with Crippen LogP contribution < -0.4 is 4.72 Å². The van der Waals surface area contributed by atoms with Crippen LogP contribution in [0.4, 0.5) is 0 Å². The lowest BCUT2D eigenvalue weighted by molar-refractivity contribution is 0.280. The Balaban J connectivity index is 1.94. The number of benzene rings is 2. The molecule has 0 aliphatic rings. The van der Waals surface area contributed by atoms with Crippen LogP contribution in [0.1, 0.15) is 16.7 Å². The lowest BCUT2D eigenvalue weighted by Crippen LogP contribution is -2.24. The highest BCUT2D eigenvalue weighted by Gasteiger charge is 2.18. The van der Waals surface area contributed by atoms with Crippen LogP contribution in [0.5, 0.6) is 0 Å². The number of hydrogen-bond donors (Lipinski definition) is 2. The molecule has 0 amide bonds. The minimum atomic E-state index is -3.72. The number of aromatic nitrogens is 1. The molecule has 0 saturated carbocycles. The summed E-state index contributed by atoms with van der Waals surface area (Å²) in [5.41, 5.74) is 2.87. The Hall–Kier alpha value is -2.28. The summed E-state index contributed by atoms with van der Waals surface area (Å²) in [6, 6.07) is 14.2. The van der Waals surface area contributed by atoms with E-state index in [1.165, 1.54) is 0 Å². The average molecular weight is 342 g/mol. The number of fused-ring (bicyclic) bond motifs is 1. The van der Waals surface area contributed by atoms with E-state index in [0.717, 1.165) is 16.5 Å². The Bertz CT molecular complexity index is 984. The molecule has 0 aliphatic carbocycles. The number of rotatable bonds is 5. The topological polar surface area (TPSA) is 79.3 Å². The third-order valence-corrected chi connectivity index (χ3v) is 5.27. The first kappa shape index (κ1) is 16.6. The molecular weight excluding hydrogens is 324 g/mol. The molecule has 1 heterocycles. The maximum Gasteiger partial charge on any atom is 0.243 e. The fourth-order valence-electron chi connectivity index (χ4n) is 2.59. The second-order valence-corrected chi connectivity index (χ2v) is 7.33. The lowest BCUT2D eigenvalue weighted by Gasteiger charge is -2.11. The maximum absolute atomic E-state index is 12.7. The van der Waals surface area contributed by atoms with Crippen molar-refractivity contribution in [3.05, 3.63) is 71.4 Å². The summed E-state index contributed by atoms with van der Waals surface area (Å²) in [6.45, 7) is 1.89. The van der Waals surface area contributed by atoms with Gasteiger partial charge in [-0.1, -0.05) is 36.4 Å². The Labute approximate surface area is 141 Å². The van der Waals surface area contributed by atoms with E-state index in [0.29, 0.717) is 11.1 Å². The summed E-state index contributed by atoms with van der Waals surface area (Å²) < 4.78 is 28.0. The third-order valence-electron chi connectivity index (χ3n) is 3.84. The smallest absolute Gasteiger partial charge is 0.243 e. The molecule has 3 rings (SSSR count). The van der Waals surface area contributed by atoms with Crippen LogP contribution in [0.3, 0.4) is 0 Å². The minimum absolute atomic E-state index is 0.112. The molecule has 0 saturated heterocycles. The Kier molecular flexibility index (Phi) is 4.62. The second-order valence-electron chi connectivity index (χ2n) is 5.59. The van der Waals surface area contributed by atoms with Crippen LogP contribution in [0.25, 0.3) is 10.9 Å². The van der Waals surface area contributed by atoms with Crippen LogP contribution in [0, 0.1) is 6.92 Å². The van der Waals surface area contributed by atoms with Gasteiger partial charge in [-0.3, -0.25) is 4.98 Å². The van der Waals surface area contributed by atoms with Crippen LogP contribution in [0.15, 0.2) is 59.6 Å². The third kappa shape index (κ3) is 3.31. The van der Waals surface area contributed by atoms with Crippen molar-refractivity contribution in [3.63, 3.8) is 0 Å². The Morgan fingerprint density at radius 2 is 1.83 bits per heavy atom. The molecule has 0 aliphatic heterocycles. The molecule has 2 N–H and O–H groups in total. The predicted octanol–water partition coefficient (Wildman–Crippen LogP) is 2.51. The molecule has 0 fully saturated rings. The molecule has 0 radical (unpaired) electrons. The average Bonchev–Trinajstić information content (AvgIpc) is 2.59. The van der Waals surface area contributed by atoms with Gasteiger partial charge in [-0.15, -0.1) is 0 Å². The molecule has 124 valence electrons. The lowest BCUT2D eigenvalue weighted by atomic mass is 10.1. The van der Waals surface area contributed by atoms with Gasteiger partial charge in [0.05, 0.1) is 12.1 Å². The Morgan fingerprint density at radius 3 is 2.58 bits per heavy atom. The van der Waals surface area contributed by atoms with Gasteiger partial charge in [0.1, 0.15) is 4.90 Å². The van der Waals surface area contributed by atoms with Crippen LogP contribution in [-0.2, 0) is 23.2 Å². The van der Waals surface area contributed by atoms with Gasteiger partial charge in [0.15, 0.2) is 0 Å². The first-order valence-corrected chi connectivity index (χ1v) is 9.02. The quantitative estimate of drug-likeness (QED) is 0.747. The number of para-hydroxylation sites is 1. The maximum atomic E-state index is 12.7. The zero-order valence-corrected chi connectivity index (χ0v) is 14.0. The zero-order chi connectivity index (χ0) is 17.2. The molecule has 6 heteroatoms. The van der Waals surface area contributed by atoms with E-state index >= 15 is 0 Å². The van der Waals surface area contributed by atoms with E-state index in [9.17, 15) is 13.5 Å². The monoisotopic (exact) mass is 342 g/mol. The van der Waals surface area contributed by atoms with Gasteiger partial charge < -0.3 is 5.11 Å². The van der Waals surface area contributed by atoms with Crippen LogP contribution in [0.2, 0.25) is 0 Å². The number of aliphatic hydroxyl groups is 1. The van der Waals surface area contributed by atoms with Gasteiger partial charge in [0, 0.05) is 18.1 Å². The Morgan fingerprint density at radius 1 is 1.08 bits per heavy atom. The van der Waals surface area contributed by atoms with Crippen LogP contribution >= 0.6 is 0 Å². The highest BCUT2D eigenvalue weighted by atomic mass is 32.2. The van der Waals surface area contributed by atoms with E-state index in [4.69, 9.17) is 0 Å². The molecular formula is C18H18N2O3S. The van der Waals surface area contributed by atoms with Crippen LogP contribution in [-0.4, -0.2) is 18.5 Å². The summed E-state index contributed by atoms with van der Waals surface area (Å²) in [5, 5.41) is 10.1. The van der Waals surface area contributed by atoms with E-state index < -0.39 is 10.0 Å². The van der Waals surface area contributed by atoms with E-state index in [2.05, 4.69) is 9.71 Å². The summed E-state index contributed by atoms with van der Waals surface area (Å²) in [5.74, 6) is 0. The number of nitrogens with one attached hydrogen (secondary N) is 1. The fraction of sp³-hybridized carbons (Fsp3) is 0.167. The number of aliphatic hydroxyl groups excluding tert-OH is 1. The molecule has 1 aromatic heterocycles. The molecule has 5 nitrogen and oxygen atoms in total. The summed E-state index contributed by atoms with van der Waals surface area (Å²) in [4.78, 5) is 4.43. The van der Waals surface area contributed by atoms with Crippen molar-refractivity contribution >= 4 is 20.9 Å². The molecule has 24 heavy (non-hydrogen) atoms. The van der Waals surface area contributed by atoms with Gasteiger partial charge in [0.25, 0.3) is 0 Å². The van der Waals surface area contributed by atoms with Gasteiger partial charge in [-0.2, -0.15) is 0 Å². The van der Waals surface area contributed by atoms with Crippen molar-refractivity contribution in [2.45, 2.75) is 25.0 Å². The number of pyridine rings is 1. The van der Waals surface area contributed by atoms with Crippen molar-refractivity contribution in [1.82, 2.24) is 9.71 Å². The number of nitrogens with zero attached hydrogens (tertiary/aromatic N) is 1. The van der Waals surface area contributed by atoms with Crippen molar-refractivity contribution < 1.29 is 13.5 Å². The minimum Gasteiger partial charge on any atom is -0.392 e. The summed E-state index contributed by atoms with van der Waals surface area (Å²) in [6.07, 6.45) is 1.66. The SMILES string of the molecule is Cc1cnc2c(S(=O)(=O)NCc3ccccc3CO)cccc2c1. The normalized spacial score (nSPS) is 11.8. The first-order valence-electron chi connectivity index (χ1n) is 7.54. The molecule has 0 unspecified atom stereocenters. The van der Waals surface area contributed by atoms with E-state index in [-0.39, 0.29) is 18.0 Å². The van der Waals surface area contributed by atoms with Gasteiger partial charge in [-0.05, 0) is 35.7 Å². The van der Waals surface area contributed by atoms with Crippen molar-refractivity contribution in [2.75, 3.05) is 0 Å². The number of hydrogen-bond acceptors (Lipinski definition) is 4. The molecule has 0 spiro atoms. The largest absolute Gasteiger partial charge is 0.392 e.